The lowest BCUT2D eigenvalue weighted by molar-refractivity contribution is -0.118. The summed E-state index contributed by atoms with van der Waals surface area (Å²) in [6.45, 7) is -0.0349. The zero-order valence-corrected chi connectivity index (χ0v) is 14.0. The number of rotatable bonds is 4. The van der Waals surface area contributed by atoms with Crippen molar-refractivity contribution in [1.82, 2.24) is 10.2 Å². The number of carbonyl (C=O) groups is 2. The van der Waals surface area contributed by atoms with Gasteiger partial charge >= 0.3 is 0 Å². The molecule has 0 saturated heterocycles. The molecule has 2 aromatic carbocycles. The Kier molecular flexibility index (Phi) is 4.25. The number of nitrogens with zero attached hydrogens (tertiary/aromatic N) is 1. The van der Waals surface area contributed by atoms with Crippen LogP contribution in [-0.2, 0) is 4.79 Å². The number of fused-ring (bicyclic) bond motifs is 1. The summed E-state index contributed by atoms with van der Waals surface area (Å²) in [7, 11) is 0. The smallest absolute Gasteiger partial charge is 0.262 e. The van der Waals surface area contributed by atoms with Gasteiger partial charge in [0.25, 0.3) is 5.91 Å². The number of aromatic nitrogens is 2. The number of H-pyrrole nitrogens is 1. The summed E-state index contributed by atoms with van der Waals surface area (Å²) in [5.74, 6) is -0.286. The summed E-state index contributed by atoms with van der Waals surface area (Å²) in [5, 5.41) is 9.52. The first kappa shape index (κ1) is 16.7. The van der Waals surface area contributed by atoms with Crippen LogP contribution in [0.5, 0.6) is 5.75 Å². The second kappa shape index (κ2) is 6.87. The fourth-order valence-electron chi connectivity index (χ4n) is 2.77. The Bertz CT molecular complexity index is 1050. The predicted molar refractivity (Wildman–Crippen MR) is 97.9 cm³/mol. The maximum atomic E-state index is 13.1. The van der Waals surface area contributed by atoms with Crippen LogP contribution in [0, 0.1) is 5.82 Å². The van der Waals surface area contributed by atoms with Gasteiger partial charge in [-0.15, -0.1) is 0 Å². The Balaban J connectivity index is 1.56. The van der Waals surface area contributed by atoms with E-state index in [1.54, 1.807) is 42.6 Å². The van der Waals surface area contributed by atoms with Crippen LogP contribution < -0.4 is 10.1 Å². The number of ether oxygens (including phenoxy) is 1. The van der Waals surface area contributed by atoms with E-state index >= 15 is 0 Å². The largest absolute Gasteiger partial charge is 0.482 e. The molecule has 0 saturated carbocycles. The van der Waals surface area contributed by atoms with Crippen LogP contribution in [0.4, 0.5) is 10.1 Å². The van der Waals surface area contributed by atoms with Crippen LogP contribution >= 0.6 is 0 Å². The molecule has 6 nitrogen and oxygen atoms in total. The molecular weight excluding hydrogens is 349 g/mol. The highest BCUT2D eigenvalue weighted by molar-refractivity contribution is 6.08. The number of nitrogens with one attached hydrogen (secondary N) is 2. The number of amides is 1. The van der Waals surface area contributed by atoms with E-state index in [0.29, 0.717) is 28.3 Å². The van der Waals surface area contributed by atoms with Crippen molar-refractivity contribution in [2.75, 3.05) is 11.9 Å². The van der Waals surface area contributed by atoms with Crippen LogP contribution in [0.2, 0.25) is 0 Å². The van der Waals surface area contributed by atoms with Crippen LogP contribution in [0.25, 0.3) is 17.3 Å². The number of allylic oxidation sites excluding steroid dienone is 1. The summed E-state index contributed by atoms with van der Waals surface area (Å²) in [6, 6.07) is 10.9. The average molecular weight is 363 g/mol. The average Bonchev–Trinajstić information content (AvgIpc) is 3.14. The zero-order valence-electron chi connectivity index (χ0n) is 14.0. The summed E-state index contributed by atoms with van der Waals surface area (Å²) in [4.78, 5) is 23.9. The fourth-order valence-corrected chi connectivity index (χ4v) is 2.77. The molecule has 0 unspecified atom stereocenters. The highest BCUT2D eigenvalue weighted by atomic mass is 19.1. The molecule has 2 N–H and O–H groups in total. The number of hydrogen-bond donors (Lipinski definition) is 2. The van der Waals surface area contributed by atoms with Gasteiger partial charge in [0.2, 0.25) is 0 Å². The molecule has 3 aromatic rings. The van der Waals surface area contributed by atoms with Gasteiger partial charge in [0, 0.05) is 16.7 Å². The Hall–Kier alpha value is -3.74. The van der Waals surface area contributed by atoms with E-state index in [1.807, 2.05) is 0 Å². The maximum absolute atomic E-state index is 13.1. The van der Waals surface area contributed by atoms with E-state index in [-0.39, 0.29) is 24.1 Å². The van der Waals surface area contributed by atoms with Crippen molar-refractivity contribution in [2.24, 2.45) is 0 Å². The minimum atomic E-state index is -0.325. The van der Waals surface area contributed by atoms with Gasteiger partial charge < -0.3 is 10.1 Å². The van der Waals surface area contributed by atoms with Gasteiger partial charge in [-0.1, -0.05) is 0 Å². The van der Waals surface area contributed by atoms with Gasteiger partial charge in [-0.25, -0.2) is 4.39 Å². The normalized spacial score (nSPS) is 13.1. The molecule has 7 heteroatoms. The molecule has 27 heavy (non-hydrogen) atoms. The Morgan fingerprint density at radius 1 is 1.19 bits per heavy atom. The highest BCUT2D eigenvalue weighted by Gasteiger charge is 2.17. The lowest BCUT2D eigenvalue weighted by Crippen LogP contribution is -2.25. The van der Waals surface area contributed by atoms with Gasteiger partial charge in [0.05, 0.1) is 17.6 Å². The van der Waals surface area contributed by atoms with Gasteiger partial charge in [0.1, 0.15) is 11.6 Å². The third-order valence-electron chi connectivity index (χ3n) is 4.11. The van der Waals surface area contributed by atoms with Gasteiger partial charge in [-0.3, -0.25) is 14.7 Å². The fraction of sp³-hybridized carbons (Fsp3) is 0.0500. The van der Waals surface area contributed by atoms with Gasteiger partial charge in [0.15, 0.2) is 12.4 Å². The van der Waals surface area contributed by atoms with E-state index in [9.17, 15) is 14.0 Å². The number of aromatic amines is 1. The summed E-state index contributed by atoms with van der Waals surface area (Å²) in [5.41, 5.74) is 3.03. The van der Waals surface area contributed by atoms with Crippen molar-refractivity contribution in [3.05, 3.63) is 71.7 Å². The van der Waals surface area contributed by atoms with E-state index < -0.39 is 0 Å². The number of hydrogen-bond acceptors (Lipinski definition) is 4. The third kappa shape index (κ3) is 3.48. The van der Waals surface area contributed by atoms with Crippen LogP contribution in [0.3, 0.4) is 0 Å². The maximum Gasteiger partial charge on any atom is 0.262 e. The number of carbonyl (C=O) groups excluding carboxylic acids is 2. The first-order valence-electron chi connectivity index (χ1n) is 8.18. The van der Waals surface area contributed by atoms with Crippen molar-refractivity contribution in [3.8, 4) is 17.0 Å². The molecule has 4 rings (SSSR count). The van der Waals surface area contributed by atoms with Crippen molar-refractivity contribution in [3.63, 3.8) is 0 Å². The van der Waals surface area contributed by atoms with Crippen molar-refractivity contribution < 1.29 is 18.7 Å². The Morgan fingerprint density at radius 2 is 2.00 bits per heavy atom. The topological polar surface area (TPSA) is 84.1 Å². The Morgan fingerprint density at radius 3 is 2.81 bits per heavy atom. The molecule has 1 aromatic heterocycles. The molecule has 1 aliphatic heterocycles. The molecule has 1 aliphatic rings. The number of halogens is 1. The Labute approximate surface area is 153 Å². The second-order valence-electron chi connectivity index (χ2n) is 5.95. The minimum absolute atomic E-state index is 0.0349. The second-order valence-corrected chi connectivity index (χ2v) is 5.95. The van der Waals surface area contributed by atoms with Gasteiger partial charge in [-0.05, 0) is 54.6 Å². The van der Waals surface area contributed by atoms with E-state index in [1.165, 1.54) is 18.2 Å². The quantitative estimate of drug-likeness (QED) is 0.549. The molecule has 0 bridgehead atoms. The highest BCUT2D eigenvalue weighted by Crippen LogP contribution is 2.29. The molecule has 0 fully saturated rings. The summed E-state index contributed by atoms with van der Waals surface area (Å²) < 4.78 is 18.4. The van der Waals surface area contributed by atoms with E-state index in [2.05, 4.69) is 15.5 Å². The zero-order chi connectivity index (χ0) is 18.8. The number of anilines is 1. The first-order valence-corrected chi connectivity index (χ1v) is 8.18. The molecule has 0 radical (unpaired) electrons. The summed E-state index contributed by atoms with van der Waals surface area (Å²) in [6.07, 6.45) is 4.65. The monoisotopic (exact) mass is 363 g/mol. The lowest BCUT2D eigenvalue weighted by Gasteiger charge is -2.17. The molecule has 0 atom stereocenters. The third-order valence-corrected chi connectivity index (χ3v) is 4.11. The lowest BCUT2D eigenvalue weighted by atomic mass is 10.1. The van der Waals surface area contributed by atoms with E-state index in [0.717, 1.165) is 5.56 Å². The first-order chi connectivity index (χ1) is 13.1. The summed E-state index contributed by atoms with van der Waals surface area (Å²) >= 11 is 0. The van der Waals surface area contributed by atoms with Crippen LogP contribution in [0.1, 0.15) is 15.9 Å². The molecular formula is C20H14FN3O3. The predicted octanol–water partition coefficient (Wildman–Crippen LogP) is 3.44. The van der Waals surface area contributed by atoms with Crippen molar-refractivity contribution >= 4 is 23.5 Å². The van der Waals surface area contributed by atoms with Crippen LogP contribution in [0.15, 0.2) is 54.7 Å². The molecule has 0 spiro atoms. The van der Waals surface area contributed by atoms with Crippen molar-refractivity contribution in [1.29, 1.82) is 0 Å². The standard InChI is InChI=1S/C20H14FN3O3/c21-15-5-1-12(2-6-15)20-14(10-22-24-20)3-7-17(25)13-4-8-18-16(9-13)23-19(26)11-27-18/h1-10H,11H2,(H,22,24)(H,23,26)/b7-3+. The molecule has 2 heterocycles. The number of ketones is 1. The van der Waals surface area contributed by atoms with Gasteiger partial charge in [-0.2, -0.15) is 5.10 Å². The SMILES string of the molecule is O=C1COc2ccc(C(=O)/C=C/c3cn[nH]c3-c3ccc(F)cc3)cc2N1. The van der Waals surface area contributed by atoms with E-state index in [4.69, 9.17) is 4.74 Å². The van der Waals surface area contributed by atoms with Crippen LogP contribution in [-0.4, -0.2) is 28.5 Å². The number of benzene rings is 2. The van der Waals surface area contributed by atoms with Crippen molar-refractivity contribution in [2.45, 2.75) is 0 Å². The minimum Gasteiger partial charge on any atom is -0.482 e. The molecule has 134 valence electrons. The molecule has 1 amide bonds. The molecule has 0 aliphatic carbocycles.